The number of aliphatic hydroxyl groups is 1. The molecule has 106 valence electrons. The number of rotatable bonds is 5. The highest BCUT2D eigenvalue weighted by Gasteiger charge is 2.35. The molecule has 1 aliphatic rings. The van der Waals surface area contributed by atoms with Crippen molar-refractivity contribution in [3.63, 3.8) is 0 Å². The Kier molecular flexibility index (Phi) is 5.00. The van der Waals surface area contributed by atoms with Gasteiger partial charge in [-0.05, 0) is 53.7 Å². The number of carboxylic acid groups (broad SMARTS) is 1. The molecule has 0 saturated heterocycles. The van der Waals surface area contributed by atoms with Crippen LogP contribution >= 0.6 is 27.3 Å². The minimum atomic E-state index is -0.750. The highest BCUT2D eigenvalue weighted by Crippen LogP contribution is 2.32. The van der Waals surface area contributed by atoms with Crippen molar-refractivity contribution in [3.05, 3.63) is 20.8 Å². The molecule has 3 N–H and O–H groups in total. The molecule has 0 atom stereocenters. The first-order valence-electron chi connectivity index (χ1n) is 6.39. The van der Waals surface area contributed by atoms with Crippen LogP contribution in [0.15, 0.2) is 15.9 Å². The molecule has 4 nitrogen and oxygen atoms in total. The van der Waals surface area contributed by atoms with Crippen molar-refractivity contribution in [2.24, 2.45) is 5.92 Å². The zero-order valence-electron chi connectivity index (χ0n) is 10.6. The molecular formula is C13H18BrNO3S. The van der Waals surface area contributed by atoms with Crippen molar-refractivity contribution >= 4 is 33.2 Å². The monoisotopic (exact) mass is 347 g/mol. The molecule has 1 aromatic rings. The molecule has 0 spiro atoms. The highest BCUT2D eigenvalue weighted by molar-refractivity contribution is 9.11. The summed E-state index contributed by atoms with van der Waals surface area (Å²) in [6.45, 7) is 1.26. The number of halogens is 1. The average molecular weight is 348 g/mol. The molecule has 0 aromatic carbocycles. The number of hydrogen-bond acceptors (Lipinski definition) is 4. The van der Waals surface area contributed by atoms with Gasteiger partial charge in [-0.15, -0.1) is 11.3 Å². The van der Waals surface area contributed by atoms with Crippen LogP contribution in [0.2, 0.25) is 0 Å². The van der Waals surface area contributed by atoms with Gasteiger partial charge in [-0.2, -0.15) is 0 Å². The van der Waals surface area contributed by atoms with Gasteiger partial charge in [0.25, 0.3) is 0 Å². The summed E-state index contributed by atoms with van der Waals surface area (Å²) in [4.78, 5) is 12.1. The summed E-state index contributed by atoms with van der Waals surface area (Å²) >= 11 is 5.09. The highest BCUT2D eigenvalue weighted by atomic mass is 79.9. The summed E-state index contributed by atoms with van der Waals surface area (Å²) < 4.78 is 1.10. The lowest BCUT2D eigenvalue weighted by Gasteiger charge is -2.34. The van der Waals surface area contributed by atoms with Gasteiger partial charge >= 0.3 is 5.97 Å². The first kappa shape index (κ1) is 15.0. The van der Waals surface area contributed by atoms with Gasteiger partial charge in [0.15, 0.2) is 0 Å². The fourth-order valence-electron chi connectivity index (χ4n) is 2.44. The van der Waals surface area contributed by atoms with Crippen LogP contribution < -0.4 is 5.32 Å². The van der Waals surface area contributed by atoms with E-state index in [9.17, 15) is 9.90 Å². The van der Waals surface area contributed by atoms with E-state index in [4.69, 9.17) is 5.11 Å². The molecule has 1 heterocycles. The number of aliphatic carboxylic acids is 1. The van der Waals surface area contributed by atoms with Gasteiger partial charge in [0.2, 0.25) is 0 Å². The molecule has 19 heavy (non-hydrogen) atoms. The largest absolute Gasteiger partial charge is 0.481 e. The zero-order valence-corrected chi connectivity index (χ0v) is 13.0. The molecule has 0 radical (unpaired) electrons. The van der Waals surface area contributed by atoms with Crippen LogP contribution in [0.1, 0.15) is 30.6 Å². The molecule has 0 amide bonds. The third kappa shape index (κ3) is 4.27. The van der Waals surface area contributed by atoms with Crippen molar-refractivity contribution in [2.75, 3.05) is 6.54 Å². The summed E-state index contributed by atoms with van der Waals surface area (Å²) in [5.74, 6) is -1.02. The Balaban J connectivity index is 1.75. The second-order valence-corrected chi connectivity index (χ2v) is 7.69. The third-order valence-electron chi connectivity index (χ3n) is 3.65. The Labute approximate surface area is 125 Å². The average Bonchev–Trinajstić information content (AvgIpc) is 2.75. The van der Waals surface area contributed by atoms with E-state index >= 15 is 0 Å². The third-order valence-corrected chi connectivity index (χ3v) is 5.27. The maximum Gasteiger partial charge on any atom is 0.306 e. The molecule has 1 fully saturated rings. The molecule has 0 unspecified atom stereocenters. The van der Waals surface area contributed by atoms with Crippen molar-refractivity contribution in [2.45, 2.75) is 37.8 Å². The zero-order chi connectivity index (χ0) is 13.9. The normalized spacial score (nSPS) is 27.4. The SMILES string of the molecule is O=C(O)C1CCC(O)(CNCc2ccc(Br)s2)CC1. The van der Waals surface area contributed by atoms with Crippen LogP contribution in [0.5, 0.6) is 0 Å². The fraction of sp³-hybridized carbons (Fsp3) is 0.615. The lowest BCUT2D eigenvalue weighted by atomic mass is 9.79. The molecule has 2 rings (SSSR count). The van der Waals surface area contributed by atoms with Crippen LogP contribution in [0.3, 0.4) is 0 Å². The van der Waals surface area contributed by atoms with E-state index in [1.54, 1.807) is 11.3 Å². The van der Waals surface area contributed by atoms with E-state index in [1.165, 1.54) is 4.88 Å². The minimum Gasteiger partial charge on any atom is -0.481 e. The summed E-state index contributed by atoms with van der Waals surface area (Å²) in [6.07, 6.45) is 2.26. The van der Waals surface area contributed by atoms with Crippen LogP contribution in [0.4, 0.5) is 0 Å². The molecule has 0 aliphatic heterocycles. The summed E-state index contributed by atoms with van der Waals surface area (Å²) in [5.41, 5.74) is -0.750. The van der Waals surface area contributed by atoms with E-state index in [-0.39, 0.29) is 5.92 Å². The maximum atomic E-state index is 10.9. The Morgan fingerprint density at radius 2 is 2.16 bits per heavy atom. The van der Waals surface area contributed by atoms with Crippen molar-refractivity contribution in [1.29, 1.82) is 0 Å². The summed E-state index contributed by atoms with van der Waals surface area (Å²) in [7, 11) is 0. The lowest BCUT2D eigenvalue weighted by Crippen LogP contribution is -2.44. The molecule has 1 aliphatic carbocycles. The molecule has 1 saturated carbocycles. The molecule has 6 heteroatoms. The predicted octanol–water partition coefficient (Wildman–Crippen LogP) is 2.61. The fourth-order valence-corrected chi connectivity index (χ4v) is 3.90. The van der Waals surface area contributed by atoms with Crippen molar-refractivity contribution in [3.8, 4) is 0 Å². The van der Waals surface area contributed by atoms with Gasteiger partial charge in [0, 0.05) is 18.0 Å². The first-order valence-corrected chi connectivity index (χ1v) is 8.00. The van der Waals surface area contributed by atoms with E-state index in [0.29, 0.717) is 32.2 Å². The predicted molar refractivity (Wildman–Crippen MR) is 78.3 cm³/mol. The Hall–Kier alpha value is -0.430. The van der Waals surface area contributed by atoms with Crippen LogP contribution in [-0.2, 0) is 11.3 Å². The molecule has 0 bridgehead atoms. The second kappa shape index (κ2) is 6.35. The van der Waals surface area contributed by atoms with Gasteiger partial charge in [-0.3, -0.25) is 4.79 Å². The maximum absolute atomic E-state index is 10.9. The van der Waals surface area contributed by atoms with E-state index in [0.717, 1.165) is 10.3 Å². The smallest absolute Gasteiger partial charge is 0.306 e. The van der Waals surface area contributed by atoms with Gasteiger partial charge in [-0.1, -0.05) is 0 Å². The van der Waals surface area contributed by atoms with Crippen molar-refractivity contribution in [1.82, 2.24) is 5.32 Å². The standard InChI is InChI=1S/C13H18BrNO3S/c14-11-2-1-10(19-11)7-15-8-13(18)5-3-9(4-6-13)12(16)17/h1-2,9,15,18H,3-8H2,(H,16,17). The summed E-state index contributed by atoms with van der Waals surface area (Å²) in [6, 6.07) is 4.06. The quantitative estimate of drug-likeness (QED) is 0.765. The Morgan fingerprint density at radius 1 is 1.47 bits per heavy atom. The van der Waals surface area contributed by atoms with Crippen LogP contribution in [0.25, 0.3) is 0 Å². The second-order valence-electron chi connectivity index (χ2n) is 5.15. The van der Waals surface area contributed by atoms with E-state index in [2.05, 4.69) is 21.2 Å². The van der Waals surface area contributed by atoms with Gasteiger partial charge in [-0.25, -0.2) is 0 Å². The Bertz CT molecular complexity index is 441. The summed E-state index contributed by atoms with van der Waals surface area (Å²) in [5, 5.41) is 22.6. The van der Waals surface area contributed by atoms with E-state index in [1.807, 2.05) is 12.1 Å². The van der Waals surface area contributed by atoms with Crippen LogP contribution in [-0.4, -0.2) is 28.3 Å². The minimum absolute atomic E-state index is 0.284. The first-order chi connectivity index (χ1) is 8.98. The number of nitrogens with one attached hydrogen (secondary N) is 1. The molecule has 1 aromatic heterocycles. The molecular weight excluding hydrogens is 330 g/mol. The number of carbonyl (C=O) groups is 1. The Morgan fingerprint density at radius 3 is 2.68 bits per heavy atom. The van der Waals surface area contributed by atoms with Gasteiger partial charge in [0.1, 0.15) is 0 Å². The number of carboxylic acids is 1. The van der Waals surface area contributed by atoms with Crippen LogP contribution in [0, 0.1) is 5.92 Å². The lowest BCUT2D eigenvalue weighted by molar-refractivity contribution is -0.144. The van der Waals surface area contributed by atoms with Crippen molar-refractivity contribution < 1.29 is 15.0 Å². The number of hydrogen-bond donors (Lipinski definition) is 3. The van der Waals surface area contributed by atoms with E-state index < -0.39 is 11.6 Å². The topological polar surface area (TPSA) is 69.6 Å². The van der Waals surface area contributed by atoms with Gasteiger partial charge < -0.3 is 15.5 Å². The number of thiophene rings is 1. The van der Waals surface area contributed by atoms with Gasteiger partial charge in [0.05, 0.1) is 15.3 Å².